The highest BCUT2D eigenvalue weighted by Crippen LogP contribution is 2.05. The summed E-state index contributed by atoms with van der Waals surface area (Å²) >= 11 is 0. The molecule has 1 aromatic heterocycles. The molecule has 4 amide bonds. The Morgan fingerprint density at radius 3 is 2.19 bits per heavy atom. The minimum atomic E-state index is -1.57. The number of imidazole rings is 1. The van der Waals surface area contributed by atoms with E-state index in [4.69, 9.17) is 17.2 Å². The third kappa shape index (κ3) is 9.53. The fourth-order valence-electron chi connectivity index (χ4n) is 2.79. The summed E-state index contributed by atoms with van der Waals surface area (Å²) in [7, 11) is 0. The van der Waals surface area contributed by atoms with Crippen molar-refractivity contribution in [3.8, 4) is 0 Å². The Hall–Kier alpha value is -3.52. The molecule has 0 aliphatic heterocycles. The van der Waals surface area contributed by atoms with Crippen molar-refractivity contribution >= 4 is 29.6 Å². The Bertz CT molecular complexity index is 784. The first-order chi connectivity index (χ1) is 15.2. The van der Waals surface area contributed by atoms with Gasteiger partial charge in [0.2, 0.25) is 23.6 Å². The standard InChI is InChI=1S/C18H30N8O6/c19-4-2-1-3-11(24-15(28)7-20)16(29)25-12(5-10-8-22-9-23-10)17(30)26-13(18(31)32)6-14(21)27/h8-9,11-13H,1-7,19-20H2,(H2,21,27)(H,22,23)(H,24,28)(H,25,29)(H,26,30)(H,31,32). The Labute approximate surface area is 184 Å². The van der Waals surface area contributed by atoms with Crippen molar-refractivity contribution in [2.24, 2.45) is 17.2 Å². The first kappa shape index (κ1) is 26.5. The quantitative estimate of drug-likeness (QED) is 0.122. The minimum absolute atomic E-state index is 0.0547. The van der Waals surface area contributed by atoms with E-state index in [0.717, 1.165) is 0 Å². The summed E-state index contributed by atoms with van der Waals surface area (Å²) in [5.41, 5.74) is 16.3. The van der Waals surface area contributed by atoms with Crippen molar-refractivity contribution in [2.75, 3.05) is 13.1 Å². The molecule has 178 valence electrons. The second kappa shape index (κ2) is 13.7. The molecule has 1 rings (SSSR count). The number of aromatic nitrogens is 2. The molecule has 3 atom stereocenters. The second-order valence-electron chi connectivity index (χ2n) is 7.02. The number of H-pyrrole nitrogens is 1. The maximum Gasteiger partial charge on any atom is 0.326 e. The Morgan fingerprint density at radius 2 is 1.66 bits per heavy atom. The van der Waals surface area contributed by atoms with Crippen molar-refractivity contribution in [3.05, 3.63) is 18.2 Å². The van der Waals surface area contributed by atoms with E-state index in [9.17, 15) is 29.1 Å². The third-order valence-electron chi connectivity index (χ3n) is 4.42. The summed E-state index contributed by atoms with van der Waals surface area (Å²) in [5.74, 6) is -4.45. The van der Waals surface area contributed by atoms with Gasteiger partial charge in [-0.2, -0.15) is 0 Å². The van der Waals surface area contributed by atoms with E-state index in [0.29, 0.717) is 25.1 Å². The van der Waals surface area contributed by atoms with Gasteiger partial charge >= 0.3 is 5.97 Å². The summed E-state index contributed by atoms with van der Waals surface area (Å²) < 4.78 is 0. The highest BCUT2D eigenvalue weighted by molar-refractivity contribution is 5.94. The van der Waals surface area contributed by atoms with Gasteiger partial charge in [0.15, 0.2) is 0 Å². The number of nitrogens with two attached hydrogens (primary N) is 3. The summed E-state index contributed by atoms with van der Waals surface area (Å²) in [6.45, 7) is 0.0760. The molecule has 0 saturated carbocycles. The maximum atomic E-state index is 12.8. The Balaban J connectivity index is 3.00. The number of primary amides is 1. The first-order valence-corrected chi connectivity index (χ1v) is 9.96. The molecular formula is C18H30N8O6. The van der Waals surface area contributed by atoms with E-state index in [2.05, 4.69) is 25.9 Å². The minimum Gasteiger partial charge on any atom is -0.480 e. The summed E-state index contributed by atoms with van der Waals surface area (Å²) in [5, 5.41) is 16.4. The number of nitrogens with zero attached hydrogens (tertiary/aromatic N) is 1. The molecule has 0 aromatic carbocycles. The van der Waals surface area contributed by atoms with Crippen LogP contribution in [0.15, 0.2) is 12.5 Å². The van der Waals surface area contributed by atoms with Crippen LogP contribution >= 0.6 is 0 Å². The monoisotopic (exact) mass is 454 g/mol. The van der Waals surface area contributed by atoms with Crippen molar-refractivity contribution in [1.29, 1.82) is 0 Å². The van der Waals surface area contributed by atoms with Crippen molar-refractivity contribution in [1.82, 2.24) is 25.9 Å². The summed E-state index contributed by atoms with van der Waals surface area (Å²) in [4.78, 5) is 66.4. The smallest absolute Gasteiger partial charge is 0.326 e. The zero-order valence-corrected chi connectivity index (χ0v) is 17.5. The van der Waals surface area contributed by atoms with Crippen LogP contribution in [-0.2, 0) is 30.4 Å². The van der Waals surface area contributed by atoms with Gasteiger partial charge < -0.3 is 43.2 Å². The van der Waals surface area contributed by atoms with Crippen LogP contribution in [0.4, 0.5) is 0 Å². The Morgan fingerprint density at radius 1 is 1.00 bits per heavy atom. The number of carboxylic acid groups (broad SMARTS) is 1. The molecule has 0 fully saturated rings. The molecule has 0 bridgehead atoms. The van der Waals surface area contributed by atoms with Gasteiger partial charge in [0.05, 0.1) is 19.3 Å². The van der Waals surface area contributed by atoms with Gasteiger partial charge in [-0.1, -0.05) is 0 Å². The third-order valence-corrected chi connectivity index (χ3v) is 4.42. The van der Waals surface area contributed by atoms with Crippen LogP contribution in [0.2, 0.25) is 0 Å². The lowest BCUT2D eigenvalue weighted by Crippen LogP contribution is -2.57. The number of carbonyl (C=O) groups is 5. The van der Waals surface area contributed by atoms with Gasteiger partial charge in [0, 0.05) is 18.3 Å². The zero-order valence-electron chi connectivity index (χ0n) is 17.5. The van der Waals surface area contributed by atoms with Crippen LogP contribution in [-0.4, -0.2) is 75.9 Å². The number of rotatable bonds is 15. The van der Waals surface area contributed by atoms with Crippen molar-refractivity contribution in [2.45, 2.75) is 50.2 Å². The lowest BCUT2D eigenvalue weighted by atomic mass is 10.1. The topological polar surface area (TPSA) is 248 Å². The van der Waals surface area contributed by atoms with Crippen LogP contribution in [0.3, 0.4) is 0 Å². The van der Waals surface area contributed by atoms with Crippen molar-refractivity contribution < 1.29 is 29.1 Å². The molecule has 14 nitrogen and oxygen atoms in total. The molecule has 1 heterocycles. The molecule has 0 radical (unpaired) electrons. The fourth-order valence-corrected chi connectivity index (χ4v) is 2.79. The summed E-state index contributed by atoms with van der Waals surface area (Å²) in [6, 6.07) is -3.78. The van der Waals surface area contributed by atoms with E-state index >= 15 is 0 Å². The van der Waals surface area contributed by atoms with Crippen LogP contribution in [0.1, 0.15) is 31.4 Å². The number of nitrogens with one attached hydrogen (secondary N) is 4. The van der Waals surface area contributed by atoms with E-state index in [1.54, 1.807) is 0 Å². The molecule has 3 unspecified atom stereocenters. The number of hydrogen-bond acceptors (Lipinski definition) is 8. The van der Waals surface area contributed by atoms with Gasteiger partial charge in [-0.05, 0) is 25.8 Å². The molecule has 0 spiro atoms. The normalized spacial score (nSPS) is 13.4. The molecule has 0 aliphatic rings. The SMILES string of the molecule is NCCCCC(NC(=O)CN)C(=O)NC(Cc1cnc[nH]1)C(=O)NC(CC(N)=O)C(=O)O. The number of unbranched alkanes of at least 4 members (excludes halogenated alkanes) is 1. The molecule has 0 saturated heterocycles. The first-order valence-electron chi connectivity index (χ1n) is 9.96. The molecule has 14 heteroatoms. The van der Waals surface area contributed by atoms with E-state index < -0.39 is 54.1 Å². The molecular weight excluding hydrogens is 424 g/mol. The largest absolute Gasteiger partial charge is 0.480 e. The average molecular weight is 454 g/mol. The lowest BCUT2D eigenvalue weighted by molar-refractivity contribution is -0.143. The Kier molecular flexibility index (Phi) is 11.4. The van der Waals surface area contributed by atoms with E-state index in [1.807, 2.05) is 0 Å². The predicted molar refractivity (Wildman–Crippen MR) is 111 cm³/mol. The molecule has 32 heavy (non-hydrogen) atoms. The number of amides is 4. The van der Waals surface area contributed by atoms with Gasteiger partial charge in [-0.25, -0.2) is 9.78 Å². The average Bonchev–Trinajstić information content (AvgIpc) is 3.24. The maximum absolute atomic E-state index is 12.8. The number of hydrogen-bond donors (Lipinski definition) is 8. The molecule has 0 aliphatic carbocycles. The lowest BCUT2D eigenvalue weighted by Gasteiger charge is -2.24. The molecule has 1 aromatic rings. The zero-order chi connectivity index (χ0) is 24.1. The fraction of sp³-hybridized carbons (Fsp3) is 0.556. The predicted octanol–water partition coefficient (Wildman–Crippen LogP) is -3.55. The number of carboxylic acids is 1. The van der Waals surface area contributed by atoms with Crippen molar-refractivity contribution in [3.63, 3.8) is 0 Å². The number of carbonyl (C=O) groups excluding carboxylic acids is 4. The highest BCUT2D eigenvalue weighted by atomic mass is 16.4. The van der Waals surface area contributed by atoms with Gasteiger partial charge in [-0.15, -0.1) is 0 Å². The second-order valence-corrected chi connectivity index (χ2v) is 7.02. The van der Waals surface area contributed by atoms with Gasteiger partial charge in [-0.3, -0.25) is 19.2 Å². The van der Waals surface area contributed by atoms with Gasteiger partial charge in [0.1, 0.15) is 18.1 Å². The van der Waals surface area contributed by atoms with Crippen LogP contribution in [0, 0.1) is 0 Å². The number of aromatic amines is 1. The van der Waals surface area contributed by atoms with Gasteiger partial charge in [0.25, 0.3) is 0 Å². The van der Waals surface area contributed by atoms with E-state index in [-0.39, 0.29) is 19.4 Å². The van der Waals surface area contributed by atoms with Crippen LogP contribution in [0.5, 0.6) is 0 Å². The number of aliphatic carboxylic acids is 1. The van der Waals surface area contributed by atoms with Crippen LogP contribution < -0.4 is 33.2 Å². The summed E-state index contributed by atoms with van der Waals surface area (Å²) in [6.07, 6.45) is 3.54. The van der Waals surface area contributed by atoms with Crippen LogP contribution in [0.25, 0.3) is 0 Å². The highest BCUT2D eigenvalue weighted by Gasteiger charge is 2.30. The van der Waals surface area contributed by atoms with E-state index in [1.165, 1.54) is 12.5 Å². The molecule has 11 N–H and O–H groups in total.